The van der Waals surface area contributed by atoms with Crippen LogP contribution in [0.5, 0.6) is 0 Å². The Bertz CT molecular complexity index is 625. The van der Waals surface area contributed by atoms with Crippen molar-refractivity contribution in [1.82, 2.24) is 4.98 Å². The number of hydrogen-bond donors (Lipinski definition) is 2. The van der Waals surface area contributed by atoms with Crippen molar-refractivity contribution in [2.24, 2.45) is 0 Å². The highest BCUT2D eigenvalue weighted by molar-refractivity contribution is 7.16. The fourth-order valence-corrected chi connectivity index (χ4v) is 2.19. The Kier molecular flexibility index (Phi) is 3.11. The zero-order valence-electron chi connectivity index (χ0n) is 9.28. The van der Waals surface area contributed by atoms with Gasteiger partial charge >= 0.3 is 11.7 Å². The Balaban J connectivity index is 2.52. The van der Waals surface area contributed by atoms with Crippen LogP contribution >= 0.6 is 11.3 Å². The third-order valence-electron chi connectivity index (χ3n) is 2.40. The number of fused-ring (bicyclic) bond motifs is 1. The molecule has 0 radical (unpaired) electrons. The molecule has 0 spiro atoms. The van der Waals surface area contributed by atoms with Crippen molar-refractivity contribution >= 4 is 38.9 Å². The summed E-state index contributed by atoms with van der Waals surface area (Å²) < 4.78 is 0.690. The van der Waals surface area contributed by atoms with Crippen molar-refractivity contribution in [2.75, 3.05) is 5.32 Å². The first-order valence-corrected chi connectivity index (χ1v) is 5.88. The largest absolute Gasteiger partial charge is 0.480 e. The Morgan fingerprint density at radius 1 is 1.61 bits per heavy atom. The highest BCUT2D eigenvalue weighted by Crippen LogP contribution is 2.34. The molecule has 0 fully saturated rings. The molecule has 2 rings (SSSR count). The molecule has 2 N–H and O–H groups in total. The number of carboxylic acids is 1. The molecule has 0 saturated heterocycles. The van der Waals surface area contributed by atoms with Gasteiger partial charge in [0.1, 0.15) is 11.7 Å². The van der Waals surface area contributed by atoms with E-state index in [4.69, 9.17) is 5.11 Å². The van der Waals surface area contributed by atoms with Crippen molar-refractivity contribution in [3.8, 4) is 0 Å². The quantitative estimate of drug-likeness (QED) is 0.649. The third kappa shape index (κ3) is 2.09. The summed E-state index contributed by atoms with van der Waals surface area (Å²) in [5.41, 5.74) is 1.75. The van der Waals surface area contributed by atoms with Gasteiger partial charge in [0.25, 0.3) is 0 Å². The minimum Gasteiger partial charge on any atom is -0.480 e. The van der Waals surface area contributed by atoms with Gasteiger partial charge in [0.05, 0.1) is 15.1 Å². The lowest BCUT2D eigenvalue weighted by atomic mass is 10.2. The van der Waals surface area contributed by atoms with Gasteiger partial charge in [0.2, 0.25) is 0 Å². The van der Waals surface area contributed by atoms with E-state index in [1.807, 2.05) is 0 Å². The summed E-state index contributed by atoms with van der Waals surface area (Å²) >= 11 is 1.29. The smallest absolute Gasteiger partial charge is 0.325 e. The topological polar surface area (TPSA) is 105 Å². The van der Waals surface area contributed by atoms with Gasteiger partial charge in [-0.2, -0.15) is 0 Å². The molecule has 1 heterocycles. The normalized spacial score (nSPS) is 12.3. The van der Waals surface area contributed by atoms with E-state index >= 15 is 0 Å². The molecule has 0 saturated carbocycles. The summed E-state index contributed by atoms with van der Waals surface area (Å²) in [5, 5.41) is 22.5. The van der Waals surface area contributed by atoms with Crippen molar-refractivity contribution in [2.45, 2.75) is 13.0 Å². The van der Waals surface area contributed by atoms with Crippen LogP contribution in [0.15, 0.2) is 17.6 Å². The van der Waals surface area contributed by atoms with E-state index in [1.165, 1.54) is 29.8 Å². The lowest BCUT2D eigenvalue weighted by Crippen LogP contribution is -2.25. The number of nitrogens with zero attached hydrogens (tertiary/aromatic N) is 2. The fraction of sp³-hybridized carbons (Fsp3) is 0.200. The van der Waals surface area contributed by atoms with Gasteiger partial charge in [-0.25, -0.2) is 4.98 Å². The van der Waals surface area contributed by atoms with E-state index in [0.717, 1.165) is 0 Å². The molecule has 0 aliphatic carbocycles. The molecule has 0 aliphatic heterocycles. The molecule has 7 nitrogen and oxygen atoms in total. The predicted molar refractivity (Wildman–Crippen MR) is 67.0 cm³/mol. The van der Waals surface area contributed by atoms with Crippen LogP contribution in [0, 0.1) is 10.1 Å². The lowest BCUT2D eigenvalue weighted by molar-refractivity contribution is -0.382. The maximum Gasteiger partial charge on any atom is 0.325 e. The first-order chi connectivity index (χ1) is 8.50. The number of nitro groups is 1. The Morgan fingerprint density at radius 3 is 2.94 bits per heavy atom. The first-order valence-electron chi connectivity index (χ1n) is 5.00. The minimum atomic E-state index is -1.08. The van der Waals surface area contributed by atoms with Gasteiger partial charge < -0.3 is 10.4 Å². The Morgan fingerprint density at radius 2 is 2.33 bits per heavy atom. The van der Waals surface area contributed by atoms with Crippen LogP contribution in [0.3, 0.4) is 0 Å². The van der Waals surface area contributed by atoms with Crippen molar-refractivity contribution in [3.63, 3.8) is 0 Å². The molecular formula is C10H9N3O4S. The van der Waals surface area contributed by atoms with Gasteiger partial charge in [-0.05, 0) is 19.1 Å². The fourth-order valence-electron chi connectivity index (χ4n) is 1.51. The molecule has 1 aromatic carbocycles. The zero-order chi connectivity index (χ0) is 13.3. The second-order valence-corrected chi connectivity index (χ2v) is 4.51. The van der Waals surface area contributed by atoms with Crippen LogP contribution < -0.4 is 5.32 Å². The number of nitrogens with one attached hydrogen (secondary N) is 1. The van der Waals surface area contributed by atoms with E-state index in [0.29, 0.717) is 4.70 Å². The van der Waals surface area contributed by atoms with Crippen molar-refractivity contribution in [1.29, 1.82) is 0 Å². The van der Waals surface area contributed by atoms with E-state index in [1.54, 1.807) is 6.07 Å². The maximum atomic E-state index is 11.1. The van der Waals surface area contributed by atoms with Crippen LogP contribution in [-0.2, 0) is 4.79 Å². The monoisotopic (exact) mass is 267 g/mol. The molecule has 1 atom stereocenters. The van der Waals surface area contributed by atoms with Crippen LogP contribution in [0.25, 0.3) is 10.2 Å². The number of aliphatic carboxylic acids is 1. The number of nitro benzene ring substituents is 1. The molecule has 8 heteroatoms. The summed E-state index contributed by atoms with van der Waals surface area (Å²) in [5.74, 6) is -1.08. The minimum absolute atomic E-state index is 0.160. The molecule has 94 valence electrons. The Hall–Kier alpha value is -2.22. The summed E-state index contributed by atoms with van der Waals surface area (Å²) in [6.45, 7) is 1.41. The molecule has 0 amide bonds. The van der Waals surface area contributed by atoms with Gasteiger partial charge in [0, 0.05) is 0 Å². The standard InChI is InChI=1S/C10H9N3O4S/c1-5(10(14)15)12-6-2-3-7-8(11-4-18-7)9(6)13(16)17/h2-5,12H,1H3,(H,14,15). The number of hydrogen-bond acceptors (Lipinski definition) is 6. The molecule has 0 aliphatic rings. The molecule has 2 aromatic rings. The van der Waals surface area contributed by atoms with Crippen molar-refractivity contribution in [3.05, 3.63) is 27.8 Å². The molecule has 18 heavy (non-hydrogen) atoms. The summed E-state index contributed by atoms with van der Waals surface area (Å²) in [7, 11) is 0. The van der Waals surface area contributed by atoms with Crippen molar-refractivity contribution < 1.29 is 14.8 Å². The highest BCUT2D eigenvalue weighted by Gasteiger charge is 2.23. The lowest BCUT2D eigenvalue weighted by Gasteiger charge is -2.10. The van der Waals surface area contributed by atoms with Crippen LogP contribution in [0.2, 0.25) is 0 Å². The van der Waals surface area contributed by atoms with Gasteiger partial charge in [-0.1, -0.05) is 0 Å². The average Bonchev–Trinajstić information content (AvgIpc) is 2.75. The van der Waals surface area contributed by atoms with Gasteiger partial charge in [-0.15, -0.1) is 11.3 Å². The SMILES string of the molecule is CC(Nc1ccc2scnc2c1[N+](=O)[O-])C(=O)O. The number of anilines is 1. The van der Waals surface area contributed by atoms with Crippen LogP contribution in [-0.4, -0.2) is 27.0 Å². The van der Waals surface area contributed by atoms with E-state index in [-0.39, 0.29) is 16.9 Å². The van der Waals surface area contributed by atoms with Gasteiger partial charge in [-0.3, -0.25) is 14.9 Å². The summed E-state index contributed by atoms with van der Waals surface area (Å²) in [6.07, 6.45) is 0. The molecule has 1 aromatic heterocycles. The molecular weight excluding hydrogens is 258 g/mol. The number of aromatic nitrogens is 1. The van der Waals surface area contributed by atoms with E-state index in [2.05, 4.69) is 10.3 Å². The molecule has 0 bridgehead atoms. The number of carboxylic acid groups (broad SMARTS) is 1. The number of thiazole rings is 1. The van der Waals surface area contributed by atoms with E-state index in [9.17, 15) is 14.9 Å². The number of rotatable bonds is 4. The van der Waals surface area contributed by atoms with E-state index < -0.39 is 16.9 Å². The highest BCUT2D eigenvalue weighted by atomic mass is 32.1. The third-order valence-corrected chi connectivity index (χ3v) is 3.19. The average molecular weight is 267 g/mol. The van der Waals surface area contributed by atoms with Crippen LogP contribution in [0.1, 0.15) is 6.92 Å². The van der Waals surface area contributed by atoms with Gasteiger partial charge in [0.15, 0.2) is 5.52 Å². The number of benzene rings is 1. The number of carbonyl (C=O) groups is 1. The second kappa shape index (κ2) is 4.57. The first kappa shape index (κ1) is 12.2. The zero-order valence-corrected chi connectivity index (χ0v) is 10.1. The predicted octanol–water partition coefficient (Wildman–Crippen LogP) is 2.09. The molecule has 1 unspecified atom stereocenters. The summed E-state index contributed by atoms with van der Waals surface area (Å²) in [4.78, 5) is 25.2. The maximum absolute atomic E-state index is 11.1. The summed E-state index contributed by atoms with van der Waals surface area (Å²) in [6, 6.07) is 2.26. The second-order valence-electron chi connectivity index (χ2n) is 3.62. The Labute approximate surface area is 105 Å². The van der Waals surface area contributed by atoms with Crippen LogP contribution in [0.4, 0.5) is 11.4 Å².